The lowest BCUT2D eigenvalue weighted by Gasteiger charge is -2.15. The van der Waals surface area contributed by atoms with Crippen LogP contribution in [0, 0.1) is 0 Å². The minimum atomic E-state index is -0.0400. The minimum absolute atomic E-state index is 0.0400. The summed E-state index contributed by atoms with van der Waals surface area (Å²) in [6.07, 6.45) is 0.930. The van der Waals surface area contributed by atoms with E-state index in [9.17, 15) is 4.79 Å². The van der Waals surface area contributed by atoms with Gasteiger partial charge in [0.15, 0.2) is 0 Å². The first-order chi connectivity index (χ1) is 10.0. The highest BCUT2D eigenvalue weighted by Gasteiger charge is 2.11. The van der Waals surface area contributed by atoms with E-state index in [1.165, 1.54) is 5.56 Å². The number of nitrogens with zero attached hydrogens (tertiary/aromatic N) is 1. The van der Waals surface area contributed by atoms with Gasteiger partial charge in [0.25, 0.3) is 5.91 Å². The highest BCUT2D eigenvalue weighted by molar-refractivity contribution is 5.96. The number of benzene rings is 2. The van der Waals surface area contributed by atoms with Crippen molar-refractivity contribution in [3.05, 3.63) is 53.6 Å². The molecule has 3 N–H and O–H groups in total. The molecule has 0 aliphatic rings. The Balaban J connectivity index is 2.35. The maximum absolute atomic E-state index is 12.0. The summed E-state index contributed by atoms with van der Waals surface area (Å²) in [6.45, 7) is 2.11. The molecule has 2 aromatic rings. The van der Waals surface area contributed by atoms with Crippen LogP contribution < -0.4 is 11.1 Å². The van der Waals surface area contributed by atoms with Crippen LogP contribution in [0.5, 0.6) is 0 Å². The first-order valence-electron chi connectivity index (χ1n) is 6.99. The minimum Gasteiger partial charge on any atom is -0.397 e. The van der Waals surface area contributed by atoms with Crippen molar-refractivity contribution in [2.45, 2.75) is 13.3 Å². The normalized spacial score (nSPS) is 10.2. The summed E-state index contributed by atoms with van der Waals surface area (Å²) >= 11 is 0. The predicted octanol–water partition coefficient (Wildman–Crippen LogP) is 3.28. The van der Waals surface area contributed by atoms with Gasteiger partial charge in [0, 0.05) is 25.3 Å². The zero-order valence-electron chi connectivity index (χ0n) is 12.7. The van der Waals surface area contributed by atoms with Crippen LogP contribution in [0.3, 0.4) is 0 Å². The standard InChI is InChI=1S/C17H21N3O/c1-4-12-7-5-6-8-15(12)19-16-11-13(9-10-14(16)18)17(21)20(2)3/h5-11,19H,4,18H2,1-3H3. The number of nitrogens with one attached hydrogen (secondary N) is 1. The van der Waals surface area contributed by atoms with Gasteiger partial charge >= 0.3 is 0 Å². The number of para-hydroxylation sites is 1. The van der Waals surface area contributed by atoms with Crippen molar-refractivity contribution in [3.8, 4) is 0 Å². The maximum Gasteiger partial charge on any atom is 0.253 e. The van der Waals surface area contributed by atoms with Gasteiger partial charge < -0.3 is 16.0 Å². The molecule has 0 atom stereocenters. The SMILES string of the molecule is CCc1ccccc1Nc1cc(C(=O)N(C)C)ccc1N. The fourth-order valence-corrected chi connectivity index (χ4v) is 2.15. The molecule has 2 aromatic carbocycles. The van der Waals surface area contributed by atoms with Gasteiger partial charge in [-0.25, -0.2) is 0 Å². The van der Waals surface area contributed by atoms with Crippen molar-refractivity contribution >= 4 is 23.0 Å². The van der Waals surface area contributed by atoms with Crippen molar-refractivity contribution < 1.29 is 4.79 Å². The lowest BCUT2D eigenvalue weighted by atomic mass is 10.1. The fourth-order valence-electron chi connectivity index (χ4n) is 2.15. The van der Waals surface area contributed by atoms with Crippen LogP contribution in [-0.2, 0) is 6.42 Å². The van der Waals surface area contributed by atoms with Crippen LogP contribution >= 0.6 is 0 Å². The van der Waals surface area contributed by atoms with Gasteiger partial charge in [0.1, 0.15) is 0 Å². The van der Waals surface area contributed by atoms with E-state index in [-0.39, 0.29) is 5.91 Å². The third-order valence-corrected chi connectivity index (χ3v) is 3.37. The van der Waals surface area contributed by atoms with Gasteiger partial charge in [-0.1, -0.05) is 25.1 Å². The summed E-state index contributed by atoms with van der Waals surface area (Å²) in [5.74, 6) is -0.0400. The average molecular weight is 283 g/mol. The van der Waals surface area contributed by atoms with Crippen LogP contribution in [0.25, 0.3) is 0 Å². The molecule has 0 saturated heterocycles. The lowest BCUT2D eigenvalue weighted by Crippen LogP contribution is -2.21. The Labute approximate surface area is 125 Å². The van der Waals surface area contributed by atoms with Gasteiger partial charge in [-0.3, -0.25) is 4.79 Å². The first kappa shape index (κ1) is 14.9. The number of nitrogen functional groups attached to an aromatic ring is 1. The number of rotatable bonds is 4. The second-order valence-corrected chi connectivity index (χ2v) is 5.14. The van der Waals surface area contributed by atoms with Gasteiger partial charge in [-0.15, -0.1) is 0 Å². The molecule has 0 unspecified atom stereocenters. The third-order valence-electron chi connectivity index (χ3n) is 3.37. The molecule has 0 radical (unpaired) electrons. The van der Waals surface area contributed by atoms with Crippen molar-refractivity contribution in [1.82, 2.24) is 4.90 Å². The molecule has 0 aliphatic heterocycles. The largest absolute Gasteiger partial charge is 0.397 e. The number of hydrogen-bond acceptors (Lipinski definition) is 3. The number of amides is 1. The zero-order valence-corrected chi connectivity index (χ0v) is 12.7. The van der Waals surface area contributed by atoms with Crippen LogP contribution in [0.4, 0.5) is 17.1 Å². The molecule has 4 heteroatoms. The summed E-state index contributed by atoms with van der Waals surface area (Å²) in [7, 11) is 3.47. The highest BCUT2D eigenvalue weighted by Crippen LogP contribution is 2.27. The quantitative estimate of drug-likeness (QED) is 0.847. The van der Waals surface area contributed by atoms with E-state index in [2.05, 4.69) is 18.3 Å². The molecule has 0 saturated carbocycles. The Morgan fingerprint density at radius 1 is 1.14 bits per heavy atom. The van der Waals surface area contributed by atoms with Crippen LogP contribution in [0.15, 0.2) is 42.5 Å². The molecular weight excluding hydrogens is 262 g/mol. The molecular formula is C17H21N3O. The van der Waals surface area contributed by atoms with Gasteiger partial charge in [-0.2, -0.15) is 0 Å². The summed E-state index contributed by atoms with van der Waals surface area (Å²) in [5.41, 5.74) is 10.2. The lowest BCUT2D eigenvalue weighted by molar-refractivity contribution is 0.0827. The van der Waals surface area contributed by atoms with E-state index >= 15 is 0 Å². The Hall–Kier alpha value is -2.49. The average Bonchev–Trinajstić information content (AvgIpc) is 2.49. The van der Waals surface area contributed by atoms with E-state index in [0.29, 0.717) is 11.3 Å². The van der Waals surface area contributed by atoms with E-state index in [1.807, 2.05) is 18.2 Å². The smallest absolute Gasteiger partial charge is 0.253 e. The Morgan fingerprint density at radius 3 is 2.52 bits per heavy atom. The molecule has 2 rings (SSSR count). The zero-order chi connectivity index (χ0) is 15.4. The monoisotopic (exact) mass is 283 g/mol. The fraction of sp³-hybridized carbons (Fsp3) is 0.235. The van der Waals surface area contributed by atoms with E-state index in [4.69, 9.17) is 5.73 Å². The molecule has 0 fully saturated rings. The maximum atomic E-state index is 12.0. The first-order valence-corrected chi connectivity index (χ1v) is 6.99. The number of carbonyl (C=O) groups is 1. The van der Waals surface area contributed by atoms with Crippen molar-refractivity contribution in [2.75, 3.05) is 25.1 Å². The number of anilines is 3. The molecule has 0 aliphatic carbocycles. The van der Waals surface area contributed by atoms with Crippen LogP contribution in [0.2, 0.25) is 0 Å². The molecule has 0 spiro atoms. The van der Waals surface area contributed by atoms with Crippen molar-refractivity contribution in [1.29, 1.82) is 0 Å². The molecule has 1 amide bonds. The second kappa shape index (κ2) is 6.31. The van der Waals surface area contributed by atoms with Crippen LogP contribution in [-0.4, -0.2) is 24.9 Å². The topological polar surface area (TPSA) is 58.4 Å². The Kier molecular flexibility index (Phi) is 4.48. The number of carbonyl (C=O) groups excluding carboxylic acids is 1. The number of hydrogen-bond donors (Lipinski definition) is 2. The molecule has 4 nitrogen and oxygen atoms in total. The van der Waals surface area contributed by atoms with Gasteiger partial charge in [-0.05, 0) is 36.2 Å². The third kappa shape index (κ3) is 3.34. The molecule has 0 heterocycles. The second-order valence-electron chi connectivity index (χ2n) is 5.14. The number of aryl methyl sites for hydroxylation is 1. The summed E-state index contributed by atoms with van der Waals surface area (Å²) in [6, 6.07) is 13.4. The molecule has 0 bridgehead atoms. The predicted molar refractivity (Wildman–Crippen MR) is 88.0 cm³/mol. The molecule has 0 aromatic heterocycles. The Bertz CT molecular complexity index is 650. The highest BCUT2D eigenvalue weighted by atomic mass is 16.2. The Morgan fingerprint density at radius 2 is 1.86 bits per heavy atom. The summed E-state index contributed by atoms with van der Waals surface area (Å²) < 4.78 is 0. The van der Waals surface area contributed by atoms with Crippen molar-refractivity contribution in [3.63, 3.8) is 0 Å². The van der Waals surface area contributed by atoms with Gasteiger partial charge in [0.05, 0.1) is 11.4 Å². The van der Waals surface area contributed by atoms with Crippen LogP contribution in [0.1, 0.15) is 22.8 Å². The van der Waals surface area contributed by atoms with E-state index in [1.54, 1.807) is 37.2 Å². The summed E-state index contributed by atoms with van der Waals surface area (Å²) in [4.78, 5) is 13.6. The summed E-state index contributed by atoms with van der Waals surface area (Å²) in [5, 5.41) is 3.33. The van der Waals surface area contributed by atoms with Crippen molar-refractivity contribution in [2.24, 2.45) is 0 Å². The van der Waals surface area contributed by atoms with E-state index in [0.717, 1.165) is 17.8 Å². The van der Waals surface area contributed by atoms with E-state index < -0.39 is 0 Å². The molecule has 21 heavy (non-hydrogen) atoms. The number of nitrogens with two attached hydrogens (primary N) is 1. The molecule has 110 valence electrons. The van der Waals surface area contributed by atoms with Gasteiger partial charge in [0.2, 0.25) is 0 Å².